The van der Waals surface area contributed by atoms with Crippen LogP contribution in [-0.2, 0) is 26.3 Å². The quantitative estimate of drug-likeness (QED) is 0.163. The van der Waals surface area contributed by atoms with Gasteiger partial charge in [-0.15, -0.1) is 0 Å². The Kier molecular flexibility index (Phi) is 7.43. The normalized spacial score (nSPS) is 14.0. The summed E-state index contributed by atoms with van der Waals surface area (Å²) in [5, 5.41) is 0.679. The number of hydrogen-bond acceptors (Lipinski definition) is 5. The van der Waals surface area contributed by atoms with Crippen molar-refractivity contribution < 1.29 is 32.6 Å². The summed E-state index contributed by atoms with van der Waals surface area (Å²) in [5.74, 6) is -0.823. The van der Waals surface area contributed by atoms with E-state index in [1.165, 1.54) is 28.8 Å². The second-order valence-electron chi connectivity index (χ2n) is 11.1. The van der Waals surface area contributed by atoms with E-state index in [-0.39, 0.29) is 13.2 Å². The van der Waals surface area contributed by atoms with Crippen molar-refractivity contribution in [1.29, 1.82) is 0 Å². The fraction of sp³-hybridized carbons (Fsp3) is 0.273. The molecule has 3 aromatic carbocycles. The number of rotatable bonds is 8. The summed E-state index contributed by atoms with van der Waals surface area (Å²) in [4.78, 5) is 25.5. The summed E-state index contributed by atoms with van der Waals surface area (Å²) in [7, 11) is 0. The van der Waals surface area contributed by atoms with Crippen LogP contribution in [0.15, 0.2) is 79.4 Å². The van der Waals surface area contributed by atoms with Crippen molar-refractivity contribution in [2.75, 3.05) is 6.61 Å². The Morgan fingerprint density at radius 3 is 2.32 bits per heavy atom. The van der Waals surface area contributed by atoms with E-state index < -0.39 is 34.7 Å². The molecule has 0 atom stereocenters. The molecule has 0 amide bonds. The summed E-state index contributed by atoms with van der Waals surface area (Å²) in [5.41, 5.74) is 0.996. The monoisotopic (exact) mass is 559 g/mol. The third-order valence-electron chi connectivity index (χ3n) is 6.95. The maximum Gasteiger partial charge on any atom is 0.419 e. The van der Waals surface area contributed by atoms with Gasteiger partial charge in [-0.05, 0) is 87.2 Å². The Labute approximate surface area is 237 Å². The zero-order chi connectivity index (χ0) is 29.4. The standard InChI is InChI=1S/C33H31F2NO5/c1-5-16-39-30(37)33(14-15-33)27-13-9-22(18-28(27)35)21-7-11-26(12-8-21)40-20-25-17-23-6-10-24(34)19-29(23)36(25)31(38)41-32(2,3)4/h5-13,17-19H,1,14-16,20H2,2-4H3. The highest BCUT2D eigenvalue weighted by atomic mass is 19.1. The lowest BCUT2D eigenvalue weighted by molar-refractivity contribution is -0.145. The molecule has 1 fully saturated rings. The SMILES string of the molecule is C=CCOC(=O)C1(c2ccc(-c3ccc(OCc4cc5ccc(F)cc5n4C(=O)OC(C)(C)C)cc3)cc2F)CC1. The molecule has 1 aliphatic carbocycles. The average Bonchev–Trinajstić information content (AvgIpc) is 3.65. The van der Waals surface area contributed by atoms with E-state index in [1.54, 1.807) is 69.3 Å². The number of hydrogen-bond donors (Lipinski definition) is 0. The second kappa shape index (κ2) is 10.8. The van der Waals surface area contributed by atoms with E-state index in [2.05, 4.69) is 6.58 Å². The summed E-state index contributed by atoms with van der Waals surface area (Å²) in [6, 6.07) is 17.9. The molecule has 1 saturated carbocycles. The van der Waals surface area contributed by atoms with Crippen LogP contribution >= 0.6 is 0 Å². The van der Waals surface area contributed by atoms with Crippen molar-refractivity contribution in [2.24, 2.45) is 0 Å². The lowest BCUT2D eigenvalue weighted by atomic mass is 9.93. The molecule has 212 valence electrons. The van der Waals surface area contributed by atoms with Crippen LogP contribution in [-0.4, -0.2) is 28.8 Å². The number of halogens is 2. The lowest BCUT2D eigenvalue weighted by Crippen LogP contribution is -2.28. The number of carbonyl (C=O) groups excluding carboxylic acids is 2. The molecule has 6 nitrogen and oxygen atoms in total. The zero-order valence-electron chi connectivity index (χ0n) is 23.2. The zero-order valence-corrected chi connectivity index (χ0v) is 23.2. The lowest BCUT2D eigenvalue weighted by Gasteiger charge is -2.21. The van der Waals surface area contributed by atoms with Gasteiger partial charge in [0.2, 0.25) is 0 Å². The fourth-order valence-corrected chi connectivity index (χ4v) is 4.83. The second-order valence-corrected chi connectivity index (χ2v) is 11.1. The summed E-state index contributed by atoms with van der Waals surface area (Å²) in [6.07, 6.45) is 1.96. The molecule has 0 unspecified atom stereocenters. The van der Waals surface area contributed by atoms with Gasteiger partial charge in [0.1, 0.15) is 36.2 Å². The van der Waals surface area contributed by atoms with Crippen molar-refractivity contribution in [3.05, 3.63) is 102 Å². The van der Waals surface area contributed by atoms with Gasteiger partial charge in [-0.1, -0.05) is 36.9 Å². The number of carbonyl (C=O) groups is 2. The largest absolute Gasteiger partial charge is 0.487 e. The molecule has 0 saturated heterocycles. The molecule has 0 N–H and O–H groups in total. The van der Waals surface area contributed by atoms with Crippen LogP contribution in [0.1, 0.15) is 44.9 Å². The number of benzene rings is 3. The van der Waals surface area contributed by atoms with Crippen molar-refractivity contribution in [3.63, 3.8) is 0 Å². The first kappa shape index (κ1) is 28.1. The molecule has 0 aliphatic heterocycles. The van der Waals surface area contributed by atoms with Crippen molar-refractivity contribution in [2.45, 2.75) is 51.2 Å². The molecule has 0 bridgehead atoms. The van der Waals surface area contributed by atoms with E-state index in [0.717, 1.165) is 5.56 Å². The summed E-state index contributed by atoms with van der Waals surface area (Å²) in [6.45, 7) is 8.95. The van der Waals surface area contributed by atoms with Gasteiger partial charge < -0.3 is 14.2 Å². The van der Waals surface area contributed by atoms with Crippen LogP contribution in [0.4, 0.5) is 13.6 Å². The van der Waals surface area contributed by atoms with Gasteiger partial charge in [0.25, 0.3) is 0 Å². The Balaban J connectivity index is 1.32. The molecule has 1 aliphatic rings. The predicted octanol–water partition coefficient (Wildman–Crippen LogP) is 7.71. The van der Waals surface area contributed by atoms with E-state index >= 15 is 4.39 Å². The van der Waals surface area contributed by atoms with Crippen LogP contribution < -0.4 is 4.74 Å². The van der Waals surface area contributed by atoms with Crippen LogP contribution in [0.3, 0.4) is 0 Å². The first-order valence-electron chi connectivity index (χ1n) is 13.4. The molecule has 0 spiro atoms. The van der Waals surface area contributed by atoms with E-state index in [4.69, 9.17) is 14.2 Å². The molecule has 8 heteroatoms. The van der Waals surface area contributed by atoms with Gasteiger partial charge in [-0.2, -0.15) is 0 Å². The fourth-order valence-electron chi connectivity index (χ4n) is 4.83. The topological polar surface area (TPSA) is 66.8 Å². The highest BCUT2D eigenvalue weighted by Crippen LogP contribution is 2.50. The maximum absolute atomic E-state index is 15.1. The molecular formula is C33H31F2NO5. The molecule has 1 aromatic heterocycles. The third kappa shape index (κ3) is 5.87. The van der Waals surface area contributed by atoms with Crippen molar-refractivity contribution in [1.82, 2.24) is 4.57 Å². The number of aromatic nitrogens is 1. The number of fused-ring (bicyclic) bond motifs is 1. The van der Waals surface area contributed by atoms with Crippen molar-refractivity contribution in [3.8, 4) is 16.9 Å². The minimum Gasteiger partial charge on any atom is -0.487 e. The minimum absolute atomic E-state index is 0.0300. The Bertz CT molecular complexity index is 1630. The third-order valence-corrected chi connectivity index (χ3v) is 6.95. The highest BCUT2D eigenvalue weighted by Gasteiger charge is 2.54. The smallest absolute Gasteiger partial charge is 0.419 e. The van der Waals surface area contributed by atoms with Crippen LogP contribution in [0.2, 0.25) is 0 Å². The molecule has 4 aromatic rings. The average molecular weight is 560 g/mol. The molecule has 0 radical (unpaired) electrons. The first-order valence-corrected chi connectivity index (χ1v) is 13.4. The van der Waals surface area contributed by atoms with Crippen molar-refractivity contribution >= 4 is 23.0 Å². The van der Waals surface area contributed by atoms with Gasteiger partial charge >= 0.3 is 12.1 Å². The molecule has 5 rings (SSSR count). The van der Waals surface area contributed by atoms with Gasteiger partial charge in [0, 0.05) is 10.9 Å². The van der Waals surface area contributed by atoms with Gasteiger partial charge in [0.05, 0.1) is 16.6 Å². The first-order chi connectivity index (χ1) is 19.5. The molecule has 1 heterocycles. The van der Waals surface area contributed by atoms with E-state index in [0.29, 0.717) is 46.3 Å². The van der Waals surface area contributed by atoms with Crippen LogP contribution in [0.5, 0.6) is 5.75 Å². The maximum atomic E-state index is 15.1. The Morgan fingerprint density at radius 1 is 0.976 bits per heavy atom. The van der Waals surface area contributed by atoms with E-state index in [9.17, 15) is 14.0 Å². The minimum atomic E-state index is -0.920. The number of ether oxygens (including phenoxy) is 3. The van der Waals surface area contributed by atoms with Gasteiger partial charge in [-0.3, -0.25) is 4.79 Å². The van der Waals surface area contributed by atoms with Gasteiger partial charge in [0.15, 0.2) is 0 Å². The van der Waals surface area contributed by atoms with Gasteiger partial charge in [-0.25, -0.2) is 18.1 Å². The van der Waals surface area contributed by atoms with Crippen LogP contribution in [0.25, 0.3) is 22.0 Å². The van der Waals surface area contributed by atoms with Crippen LogP contribution in [0, 0.1) is 11.6 Å². The highest BCUT2D eigenvalue weighted by molar-refractivity contribution is 5.91. The number of nitrogens with zero attached hydrogens (tertiary/aromatic N) is 1. The molecular weight excluding hydrogens is 528 g/mol. The Morgan fingerprint density at radius 2 is 1.68 bits per heavy atom. The number of esters is 1. The summed E-state index contributed by atoms with van der Waals surface area (Å²) >= 11 is 0. The molecule has 41 heavy (non-hydrogen) atoms. The Hall–Kier alpha value is -4.46. The summed E-state index contributed by atoms with van der Waals surface area (Å²) < 4.78 is 47.2. The predicted molar refractivity (Wildman–Crippen MR) is 152 cm³/mol. The van der Waals surface area contributed by atoms with E-state index in [1.807, 2.05) is 0 Å².